The summed E-state index contributed by atoms with van der Waals surface area (Å²) in [5.41, 5.74) is 1.06. The van der Waals surface area contributed by atoms with Crippen LogP contribution in [0.25, 0.3) is 0 Å². The second kappa shape index (κ2) is 7.79. The average molecular weight is 340 g/mol. The number of amides is 1. The minimum absolute atomic E-state index is 0.0132. The summed E-state index contributed by atoms with van der Waals surface area (Å²) >= 11 is 0. The minimum Gasteiger partial charge on any atom is -0.481 e. The van der Waals surface area contributed by atoms with Gasteiger partial charge in [-0.25, -0.2) is 4.98 Å². The number of aromatic nitrogens is 1. The van der Waals surface area contributed by atoms with Crippen molar-refractivity contribution in [1.29, 1.82) is 0 Å². The van der Waals surface area contributed by atoms with E-state index in [9.17, 15) is 14.7 Å². The monoisotopic (exact) mass is 340 g/mol. The molecule has 2 N–H and O–H groups in total. The third kappa shape index (κ3) is 4.35. The lowest BCUT2D eigenvalue weighted by atomic mass is 9.96. The maximum absolute atomic E-state index is 12.3. The largest absolute Gasteiger partial charge is 0.481 e. The molecule has 1 heterocycles. The number of benzene rings is 1. The van der Waals surface area contributed by atoms with Crippen molar-refractivity contribution in [1.82, 2.24) is 10.3 Å². The zero-order chi connectivity index (χ0) is 17.6. The van der Waals surface area contributed by atoms with E-state index in [1.54, 1.807) is 36.4 Å². The van der Waals surface area contributed by atoms with Crippen LogP contribution in [0.1, 0.15) is 41.1 Å². The Hall–Kier alpha value is -2.89. The van der Waals surface area contributed by atoms with Gasteiger partial charge in [-0.1, -0.05) is 30.3 Å². The Morgan fingerprint density at radius 1 is 1.24 bits per heavy atom. The SMILES string of the molecule is O=C(NCC(C(=O)O)c1ccccc1)c1ccnc(OC2CCC2)c1. The second-order valence-electron chi connectivity index (χ2n) is 6.07. The van der Waals surface area contributed by atoms with Crippen LogP contribution in [-0.4, -0.2) is 34.6 Å². The maximum atomic E-state index is 12.3. The molecule has 130 valence electrons. The van der Waals surface area contributed by atoms with Gasteiger partial charge in [0.1, 0.15) is 6.10 Å². The van der Waals surface area contributed by atoms with Gasteiger partial charge in [-0.3, -0.25) is 9.59 Å². The van der Waals surface area contributed by atoms with Gasteiger partial charge in [0.05, 0.1) is 5.92 Å². The van der Waals surface area contributed by atoms with Crippen molar-refractivity contribution in [3.8, 4) is 5.88 Å². The van der Waals surface area contributed by atoms with Crippen LogP contribution in [0.2, 0.25) is 0 Å². The summed E-state index contributed by atoms with van der Waals surface area (Å²) in [5.74, 6) is -1.69. The summed E-state index contributed by atoms with van der Waals surface area (Å²) < 4.78 is 5.69. The van der Waals surface area contributed by atoms with E-state index in [0.717, 1.165) is 19.3 Å². The molecule has 2 aromatic rings. The molecular weight excluding hydrogens is 320 g/mol. The number of aliphatic carboxylic acids is 1. The first-order valence-electron chi connectivity index (χ1n) is 8.32. The maximum Gasteiger partial charge on any atom is 0.312 e. The van der Waals surface area contributed by atoms with E-state index < -0.39 is 11.9 Å². The summed E-state index contributed by atoms with van der Waals surface area (Å²) in [6.45, 7) is 0.0132. The normalized spacial score (nSPS) is 15.0. The van der Waals surface area contributed by atoms with Crippen LogP contribution in [0.5, 0.6) is 5.88 Å². The van der Waals surface area contributed by atoms with E-state index in [-0.39, 0.29) is 18.6 Å². The summed E-state index contributed by atoms with van der Waals surface area (Å²) in [7, 11) is 0. The number of nitrogens with zero attached hydrogens (tertiary/aromatic N) is 1. The predicted octanol–water partition coefficient (Wildman–Crippen LogP) is 2.61. The Bertz CT molecular complexity index is 744. The van der Waals surface area contributed by atoms with Gasteiger partial charge >= 0.3 is 5.97 Å². The summed E-state index contributed by atoms with van der Waals surface area (Å²) in [4.78, 5) is 27.9. The molecule has 0 radical (unpaired) electrons. The summed E-state index contributed by atoms with van der Waals surface area (Å²) in [6.07, 6.45) is 4.88. The van der Waals surface area contributed by atoms with Crippen LogP contribution in [0.4, 0.5) is 0 Å². The highest BCUT2D eigenvalue weighted by Crippen LogP contribution is 2.24. The highest BCUT2D eigenvalue weighted by Gasteiger charge is 2.22. The molecule has 25 heavy (non-hydrogen) atoms. The molecular formula is C19H20N2O4. The molecule has 1 fully saturated rings. The van der Waals surface area contributed by atoms with Gasteiger partial charge in [0.15, 0.2) is 0 Å². The highest BCUT2D eigenvalue weighted by atomic mass is 16.5. The van der Waals surface area contributed by atoms with Crippen molar-refractivity contribution in [2.24, 2.45) is 0 Å². The standard InChI is InChI=1S/C19H20N2O4/c22-18(14-9-10-20-17(11-14)25-15-7-4-8-15)21-12-16(19(23)24)13-5-2-1-3-6-13/h1-3,5-6,9-11,15-16H,4,7-8,12H2,(H,21,22)(H,23,24). The van der Waals surface area contributed by atoms with Gasteiger partial charge in [0.25, 0.3) is 5.91 Å². The van der Waals surface area contributed by atoms with Crippen LogP contribution >= 0.6 is 0 Å². The molecule has 0 spiro atoms. The molecule has 1 atom stereocenters. The topological polar surface area (TPSA) is 88.5 Å². The molecule has 1 amide bonds. The Morgan fingerprint density at radius 3 is 2.64 bits per heavy atom. The molecule has 3 rings (SSSR count). The van der Waals surface area contributed by atoms with Crippen molar-refractivity contribution >= 4 is 11.9 Å². The molecule has 1 unspecified atom stereocenters. The lowest BCUT2D eigenvalue weighted by molar-refractivity contribution is -0.138. The van der Waals surface area contributed by atoms with Crippen LogP contribution < -0.4 is 10.1 Å². The average Bonchev–Trinajstić information content (AvgIpc) is 2.59. The minimum atomic E-state index is -0.977. The van der Waals surface area contributed by atoms with Gasteiger partial charge in [-0.05, 0) is 30.9 Å². The number of nitrogens with one attached hydrogen (secondary N) is 1. The molecule has 0 bridgehead atoms. The fourth-order valence-electron chi connectivity index (χ4n) is 2.60. The summed E-state index contributed by atoms with van der Waals surface area (Å²) in [5, 5.41) is 12.1. The number of carbonyl (C=O) groups is 2. The third-order valence-electron chi connectivity index (χ3n) is 4.30. The molecule has 1 aliphatic rings. The Labute approximate surface area is 145 Å². The van der Waals surface area contributed by atoms with Gasteiger partial charge < -0.3 is 15.2 Å². The molecule has 1 aliphatic carbocycles. The number of hydrogen-bond acceptors (Lipinski definition) is 4. The number of carboxylic acid groups (broad SMARTS) is 1. The fourth-order valence-corrected chi connectivity index (χ4v) is 2.60. The summed E-state index contributed by atoms with van der Waals surface area (Å²) in [6, 6.07) is 12.0. The number of hydrogen-bond donors (Lipinski definition) is 2. The number of pyridine rings is 1. The number of ether oxygens (including phenoxy) is 1. The first-order chi connectivity index (χ1) is 12.1. The lowest BCUT2D eigenvalue weighted by Gasteiger charge is -2.25. The molecule has 0 aliphatic heterocycles. The Kier molecular flexibility index (Phi) is 5.28. The Balaban J connectivity index is 1.63. The van der Waals surface area contributed by atoms with Crippen molar-refractivity contribution < 1.29 is 19.4 Å². The number of carboxylic acids is 1. The highest BCUT2D eigenvalue weighted by molar-refractivity contribution is 5.94. The molecule has 1 aromatic heterocycles. The molecule has 6 heteroatoms. The van der Waals surface area contributed by atoms with E-state index in [4.69, 9.17) is 4.74 Å². The fraction of sp³-hybridized carbons (Fsp3) is 0.316. The zero-order valence-electron chi connectivity index (χ0n) is 13.7. The van der Waals surface area contributed by atoms with Crippen LogP contribution in [0.3, 0.4) is 0 Å². The van der Waals surface area contributed by atoms with Crippen LogP contribution in [-0.2, 0) is 4.79 Å². The van der Waals surface area contributed by atoms with E-state index in [1.807, 2.05) is 6.07 Å². The van der Waals surface area contributed by atoms with Crippen molar-refractivity contribution in [3.05, 3.63) is 59.8 Å². The van der Waals surface area contributed by atoms with E-state index in [2.05, 4.69) is 10.3 Å². The lowest BCUT2D eigenvalue weighted by Crippen LogP contribution is -2.32. The van der Waals surface area contributed by atoms with Gasteiger partial charge in [-0.15, -0.1) is 0 Å². The van der Waals surface area contributed by atoms with Gasteiger partial charge in [0.2, 0.25) is 5.88 Å². The predicted molar refractivity (Wildman–Crippen MR) is 91.7 cm³/mol. The quantitative estimate of drug-likeness (QED) is 0.809. The van der Waals surface area contributed by atoms with Crippen LogP contribution in [0.15, 0.2) is 48.7 Å². The van der Waals surface area contributed by atoms with Crippen molar-refractivity contribution in [2.45, 2.75) is 31.3 Å². The van der Waals surface area contributed by atoms with Gasteiger partial charge in [0, 0.05) is 24.4 Å². The zero-order valence-corrected chi connectivity index (χ0v) is 13.7. The molecule has 0 saturated heterocycles. The number of carbonyl (C=O) groups excluding carboxylic acids is 1. The molecule has 1 aromatic carbocycles. The van der Waals surface area contributed by atoms with E-state index in [0.29, 0.717) is 17.0 Å². The van der Waals surface area contributed by atoms with Gasteiger partial charge in [-0.2, -0.15) is 0 Å². The smallest absolute Gasteiger partial charge is 0.312 e. The first-order valence-corrected chi connectivity index (χ1v) is 8.32. The third-order valence-corrected chi connectivity index (χ3v) is 4.30. The van der Waals surface area contributed by atoms with E-state index in [1.165, 1.54) is 6.20 Å². The van der Waals surface area contributed by atoms with E-state index >= 15 is 0 Å². The molecule has 6 nitrogen and oxygen atoms in total. The second-order valence-corrected chi connectivity index (χ2v) is 6.07. The Morgan fingerprint density at radius 2 is 2.00 bits per heavy atom. The molecule has 1 saturated carbocycles. The van der Waals surface area contributed by atoms with Crippen molar-refractivity contribution in [3.63, 3.8) is 0 Å². The van der Waals surface area contributed by atoms with Crippen molar-refractivity contribution in [2.75, 3.05) is 6.54 Å². The first kappa shape index (κ1) is 17.0. The number of rotatable bonds is 7. The van der Waals surface area contributed by atoms with Crippen LogP contribution in [0, 0.1) is 0 Å².